The number of nitrogens with zero attached hydrogens (tertiary/aromatic N) is 2. The van der Waals surface area contributed by atoms with Crippen LogP contribution in [0.2, 0.25) is 0 Å². The fraction of sp³-hybridized carbons (Fsp3) is 0.444. The standard InChI is InChI=1S/C9H12N2O3/c1-4-6-7(5-12)10-9(14-3)11-8(6)13-2/h5H,4H2,1-3H3. The summed E-state index contributed by atoms with van der Waals surface area (Å²) in [6.07, 6.45) is 1.31. The Morgan fingerprint density at radius 3 is 2.43 bits per heavy atom. The molecule has 0 saturated heterocycles. The second-order valence-electron chi connectivity index (χ2n) is 2.55. The van der Waals surface area contributed by atoms with Gasteiger partial charge < -0.3 is 9.47 Å². The highest BCUT2D eigenvalue weighted by molar-refractivity contribution is 5.75. The Bertz CT molecular complexity index is 339. The lowest BCUT2D eigenvalue weighted by Gasteiger charge is -2.08. The molecule has 0 unspecified atom stereocenters. The molecule has 0 aliphatic carbocycles. The van der Waals surface area contributed by atoms with Gasteiger partial charge in [-0.25, -0.2) is 0 Å². The Hall–Kier alpha value is -1.65. The molecular formula is C9H12N2O3. The van der Waals surface area contributed by atoms with E-state index in [9.17, 15) is 4.79 Å². The Morgan fingerprint density at radius 1 is 1.29 bits per heavy atom. The summed E-state index contributed by atoms with van der Waals surface area (Å²) >= 11 is 0. The van der Waals surface area contributed by atoms with Crippen molar-refractivity contribution in [2.24, 2.45) is 0 Å². The molecule has 0 saturated carbocycles. The number of hydrogen-bond donors (Lipinski definition) is 0. The summed E-state index contributed by atoms with van der Waals surface area (Å²) in [7, 11) is 2.94. The van der Waals surface area contributed by atoms with Gasteiger partial charge in [0, 0.05) is 5.56 Å². The zero-order valence-corrected chi connectivity index (χ0v) is 8.40. The highest BCUT2D eigenvalue weighted by Crippen LogP contribution is 2.20. The molecule has 0 spiro atoms. The van der Waals surface area contributed by atoms with Crippen molar-refractivity contribution in [2.45, 2.75) is 13.3 Å². The Morgan fingerprint density at radius 2 is 2.00 bits per heavy atom. The maximum atomic E-state index is 10.7. The predicted molar refractivity (Wildman–Crippen MR) is 49.9 cm³/mol. The SMILES string of the molecule is CCc1c(C=O)nc(OC)nc1OC. The molecule has 1 aromatic heterocycles. The van der Waals surface area contributed by atoms with Crippen LogP contribution < -0.4 is 9.47 Å². The topological polar surface area (TPSA) is 61.3 Å². The number of methoxy groups -OCH3 is 2. The smallest absolute Gasteiger partial charge is 0.320 e. The highest BCUT2D eigenvalue weighted by atomic mass is 16.5. The van der Waals surface area contributed by atoms with Crippen LogP contribution in [-0.2, 0) is 6.42 Å². The Labute approximate surface area is 82.1 Å². The third kappa shape index (κ3) is 1.81. The van der Waals surface area contributed by atoms with Gasteiger partial charge in [0.05, 0.1) is 14.2 Å². The fourth-order valence-corrected chi connectivity index (χ4v) is 1.15. The van der Waals surface area contributed by atoms with Gasteiger partial charge >= 0.3 is 6.01 Å². The number of carbonyl (C=O) groups is 1. The lowest BCUT2D eigenvalue weighted by Crippen LogP contribution is -2.04. The van der Waals surface area contributed by atoms with Crippen LogP contribution in [0, 0.1) is 0 Å². The molecule has 1 heterocycles. The Kier molecular flexibility index (Phi) is 3.39. The highest BCUT2D eigenvalue weighted by Gasteiger charge is 2.12. The molecule has 0 aliphatic heterocycles. The maximum absolute atomic E-state index is 10.7. The number of rotatable bonds is 4. The summed E-state index contributed by atoms with van der Waals surface area (Å²) in [6.45, 7) is 1.90. The van der Waals surface area contributed by atoms with Crippen molar-refractivity contribution in [3.8, 4) is 11.9 Å². The van der Waals surface area contributed by atoms with Crippen molar-refractivity contribution in [3.63, 3.8) is 0 Å². The van der Waals surface area contributed by atoms with E-state index in [1.54, 1.807) is 0 Å². The first kappa shape index (κ1) is 10.4. The van der Waals surface area contributed by atoms with E-state index < -0.39 is 0 Å². The number of hydrogen-bond acceptors (Lipinski definition) is 5. The Balaban J connectivity index is 3.31. The van der Waals surface area contributed by atoms with Crippen molar-refractivity contribution in [1.29, 1.82) is 0 Å². The first-order chi connectivity index (χ1) is 6.76. The van der Waals surface area contributed by atoms with Crippen LogP contribution in [0.3, 0.4) is 0 Å². The van der Waals surface area contributed by atoms with Gasteiger partial charge in [-0.2, -0.15) is 9.97 Å². The zero-order chi connectivity index (χ0) is 10.6. The van der Waals surface area contributed by atoms with Gasteiger partial charge in [-0.1, -0.05) is 6.92 Å². The molecule has 0 fully saturated rings. The van der Waals surface area contributed by atoms with E-state index in [4.69, 9.17) is 9.47 Å². The second-order valence-corrected chi connectivity index (χ2v) is 2.55. The van der Waals surface area contributed by atoms with Crippen LogP contribution >= 0.6 is 0 Å². The van der Waals surface area contributed by atoms with Gasteiger partial charge in [0.25, 0.3) is 0 Å². The van der Waals surface area contributed by atoms with E-state index >= 15 is 0 Å². The van der Waals surface area contributed by atoms with E-state index in [0.29, 0.717) is 29.8 Å². The number of aromatic nitrogens is 2. The van der Waals surface area contributed by atoms with Crippen LogP contribution in [0.1, 0.15) is 23.0 Å². The molecule has 5 nitrogen and oxygen atoms in total. The minimum atomic E-state index is 0.140. The summed E-state index contributed by atoms with van der Waals surface area (Å²) in [5.74, 6) is 0.390. The van der Waals surface area contributed by atoms with Gasteiger partial charge in [0.15, 0.2) is 6.29 Å². The van der Waals surface area contributed by atoms with Crippen LogP contribution in [0.4, 0.5) is 0 Å². The van der Waals surface area contributed by atoms with E-state index in [1.165, 1.54) is 14.2 Å². The summed E-state index contributed by atoms with van der Waals surface area (Å²) in [4.78, 5) is 18.6. The molecule has 0 amide bonds. The van der Waals surface area contributed by atoms with Crippen LogP contribution in [0.15, 0.2) is 0 Å². The molecular weight excluding hydrogens is 184 g/mol. The van der Waals surface area contributed by atoms with Crippen molar-refractivity contribution >= 4 is 6.29 Å². The van der Waals surface area contributed by atoms with Crippen molar-refractivity contribution < 1.29 is 14.3 Å². The molecule has 1 aromatic rings. The summed E-state index contributed by atoms with van der Waals surface area (Å²) in [6, 6.07) is 0.140. The lowest BCUT2D eigenvalue weighted by atomic mass is 10.2. The first-order valence-electron chi connectivity index (χ1n) is 4.20. The van der Waals surface area contributed by atoms with Gasteiger partial charge in [0.2, 0.25) is 5.88 Å². The van der Waals surface area contributed by atoms with Crippen molar-refractivity contribution in [1.82, 2.24) is 9.97 Å². The molecule has 76 valence electrons. The van der Waals surface area contributed by atoms with Crippen LogP contribution in [0.25, 0.3) is 0 Å². The average Bonchev–Trinajstić information content (AvgIpc) is 2.26. The molecule has 0 atom stereocenters. The third-order valence-electron chi connectivity index (χ3n) is 1.82. The van der Waals surface area contributed by atoms with Gasteiger partial charge in [-0.15, -0.1) is 0 Å². The molecule has 0 N–H and O–H groups in total. The predicted octanol–water partition coefficient (Wildman–Crippen LogP) is 0.869. The minimum absolute atomic E-state index is 0.140. The molecule has 14 heavy (non-hydrogen) atoms. The molecule has 0 radical (unpaired) electrons. The molecule has 5 heteroatoms. The van der Waals surface area contributed by atoms with Crippen LogP contribution in [-0.4, -0.2) is 30.5 Å². The summed E-state index contributed by atoms with van der Waals surface area (Å²) in [5, 5.41) is 0. The monoisotopic (exact) mass is 196 g/mol. The van der Waals surface area contributed by atoms with E-state index in [1.807, 2.05) is 6.92 Å². The second kappa shape index (κ2) is 4.55. The fourth-order valence-electron chi connectivity index (χ4n) is 1.15. The number of ether oxygens (including phenoxy) is 2. The van der Waals surface area contributed by atoms with Gasteiger partial charge in [-0.3, -0.25) is 4.79 Å². The normalized spacial score (nSPS) is 9.64. The number of carbonyl (C=O) groups excluding carboxylic acids is 1. The summed E-state index contributed by atoms with van der Waals surface area (Å²) in [5.41, 5.74) is 1.01. The molecule has 1 rings (SSSR count). The third-order valence-corrected chi connectivity index (χ3v) is 1.82. The zero-order valence-electron chi connectivity index (χ0n) is 8.40. The van der Waals surface area contributed by atoms with E-state index in [-0.39, 0.29) is 6.01 Å². The molecule has 0 aliphatic rings. The quantitative estimate of drug-likeness (QED) is 0.668. The molecule has 0 bridgehead atoms. The van der Waals surface area contributed by atoms with E-state index in [0.717, 1.165) is 0 Å². The van der Waals surface area contributed by atoms with Gasteiger partial charge in [-0.05, 0) is 6.42 Å². The average molecular weight is 196 g/mol. The maximum Gasteiger partial charge on any atom is 0.320 e. The lowest BCUT2D eigenvalue weighted by molar-refractivity contribution is 0.111. The number of aldehydes is 1. The van der Waals surface area contributed by atoms with Crippen molar-refractivity contribution in [2.75, 3.05) is 14.2 Å². The van der Waals surface area contributed by atoms with Gasteiger partial charge in [0.1, 0.15) is 5.69 Å². The van der Waals surface area contributed by atoms with E-state index in [2.05, 4.69) is 9.97 Å². The summed E-state index contributed by atoms with van der Waals surface area (Å²) < 4.78 is 9.87. The molecule has 0 aromatic carbocycles. The first-order valence-corrected chi connectivity index (χ1v) is 4.20. The minimum Gasteiger partial charge on any atom is -0.481 e. The largest absolute Gasteiger partial charge is 0.481 e. The van der Waals surface area contributed by atoms with Crippen molar-refractivity contribution in [3.05, 3.63) is 11.3 Å². The van der Waals surface area contributed by atoms with Crippen LogP contribution in [0.5, 0.6) is 11.9 Å².